The maximum absolute atomic E-state index is 10.6. The van der Waals surface area contributed by atoms with Crippen molar-refractivity contribution in [2.45, 2.75) is 52.7 Å². The molecular formula is C10H20O3. The Kier molecular flexibility index (Phi) is 6.59. The minimum absolute atomic E-state index is 0.0810. The summed E-state index contributed by atoms with van der Waals surface area (Å²) in [7, 11) is 0. The first-order chi connectivity index (χ1) is 6.36. The predicted molar refractivity (Wildman–Crippen MR) is 51.6 cm³/mol. The summed E-state index contributed by atoms with van der Waals surface area (Å²) in [5.74, 6) is -0.107. The van der Waals surface area contributed by atoms with E-state index < -0.39 is 0 Å². The fourth-order valence-corrected chi connectivity index (χ4v) is 1.34. The smallest absolute Gasteiger partial charge is 0.308 e. The Balaban J connectivity index is 0.000000322. The van der Waals surface area contributed by atoms with Crippen molar-refractivity contribution in [2.24, 2.45) is 0 Å². The predicted octanol–water partition coefficient (Wildman–Crippen LogP) is 2.14. The van der Waals surface area contributed by atoms with Gasteiger partial charge in [0.25, 0.3) is 0 Å². The molecule has 13 heavy (non-hydrogen) atoms. The molecule has 0 aromatic rings. The average molecular weight is 188 g/mol. The van der Waals surface area contributed by atoms with Crippen LogP contribution in [0, 0.1) is 0 Å². The maximum Gasteiger partial charge on any atom is 0.308 e. The van der Waals surface area contributed by atoms with Gasteiger partial charge in [-0.2, -0.15) is 0 Å². The van der Waals surface area contributed by atoms with E-state index in [9.17, 15) is 4.79 Å². The Morgan fingerprint density at radius 2 is 1.77 bits per heavy atom. The SMILES string of the molecule is CC.CC.O=C1CC2OCCC2O1. The number of hydrogen-bond donors (Lipinski definition) is 0. The van der Waals surface area contributed by atoms with Crippen LogP contribution in [0.25, 0.3) is 0 Å². The summed E-state index contributed by atoms with van der Waals surface area (Å²) in [5.41, 5.74) is 0. The number of rotatable bonds is 0. The lowest BCUT2D eigenvalue weighted by atomic mass is 10.2. The fraction of sp³-hybridized carbons (Fsp3) is 0.900. The molecule has 0 aromatic carbocycles. The third-order valence-corrected chi connectivity index (χ3v) is 1.80. The monoisotopic (exact) mass is 188 g/mol. The van der Waals surface area contributed by atoms with Crippen molar-refractivity contribution < 1.29 is 14.3 Å². The highest BCUT2D eigenvalue weighted by Gasteiger charge is 2.39. The molecule has 0 aliphatic carbocycles. The number of esters is 1. The zero-order valence-corrected chi connectivity index (χ0v) is 9.00. The van der Waals surface area contributed by atoms with E-state index in [2.05, 4.69) is 0 Å². The van der Waals surface area contributed by atoms with Crippen LogP contribution >= 0.6 is 0 Å². The fourth-order valence-electron chi connectivity index (χ4n) is 1.34. The van der Waals surface area contributed by atoms with E-state index in [1.165, 1.54) is 0 Å². The summed E-state index contributed by atoms with van der Waals surface area (Å²) in [6.45, 7) is 8.75. The zero-order valence-electron chi connectivity index (χ0n) is 9.00. The lowest BCUT2D eigenvalue weighted by molar-refractivity contribution is -0.141. The molecule has 2 fully saturated rings. The number of carbonyl (C=O) groups is 1. The largest absolute Gasteiger partial charge is 0.459 e. The van der Waals surface area contributed by atoms with E-state index in [-0.39, 0.29) is 18.2 Å². The molecule has 0 N–H and O–H groups in total. The molecule has 0 spiro atoms. The Morgan fingerprint density at radius 1 is 1.15 bits per heavy atom. The van der Waals surface area contributed by atoms with Crippen LogP contribution in [-0.4, -0.2) is 24.8 Å². The lowest BCUT2D eigenvalue weighted by Gasteiger charge is -2.02. The Labute approximate surface area is 80.4 Å². The van der Waals surface area contributed by atoms with Gasteiger partial charge in [-0.3, -0.25) is 4.79 Å². The van der Waals surface area contributed by atoms with Gasteiger partial charge in [-0.25, -0.2) is 0 Å². The zero-order chi connectivity index (χ0) is 10.3. The minimum Gasteiger partial charge on any atom is -0.459 e. The first-order valence-corrected chi connectivity index (χ1v) is 5.17. The van der Waals surface area contributed by atoms with Crippen LogP contribution in [0.1, 0.15) is 40.5 Å². The van der Waals surface area contributed by atoms with Crippen LogP contribution in [0.15, 0.2) is 0 Å². The minimum atomic E-state index is -0.107. The molecular weight excluding hydrogens is 168 g/mol. The standard InChI is InChI=1S/C6H8O3.2C2H6/c7-6-3-5-4(9-6)1-2-8-5;2*1-2/h4-5H,1-3H2;2*1-2H3. The summed E-state index contributed by atoms with van der Waals surface area (Å²) in [5, 5.41) is 0. The van der Waals surface area contributed by atoms with Gasteiger partial charge in [-0.15, -0.1) is 0 Å². The quantitative estimate of drug-likeness (QED) is 0.546. The normalized spacial score (nSPS) is 29.1. The summed E-state index contributed by atoms with van der Waals surface area (Å²) in [4.78, 5) is 10.6. The second-order valence-corrected chi connectivity index (χ2v) is 2.43. The van der Waals surface area contributed by atoms with Gasteiger partial charge in [-0.1, -0.05) is 27.7 Å². The summed E-state index contributed by atoms with van der Waals surface area (Å²) in [6, 6.07) is 0. The molecule has 2 unspecified atom stereocenters. The molecule has 0 bridgehead atoms. The summed E-state index contributed by atoms with van der Waals surface area (Å²) in [6.07, 6.45) is 1.51. The number of hydrogen-bond acceptors (Lipinski definition) is 3. The van der Waals surface area contributed by atoms with Gasteiger partial charge in [0.2, 0.25) is 0 Å². The van der Waals surface area contributed by atoms with E-state index in [1.807, 2.05) is 27.7 Å². The second-order valence-electron chi connectivity index (χ2n) is 2.43. The first-order valence-electron chi connectivity index (χ1n) is 5.17. The van der Waals surface area contributed by atoms with Gasteiger partial charge in [-0.05, 0) is 0 Å². The molecule has 0 amide bonds. The molecule has 3 nitrogen and oxygen atoms in total. The highest BCUT2D eigenvalue weighted by molar-refractivity contribution is 5.72. The third kappa shape index (κ3) is 3.35. The molecule has 0 radical (unpaired) electrons. The Bertz CT molecular complexity index is 131. The third-order valence-electron chi connectivity index (χ3n) is 1.80. The van der Waals surface area contributed by atoms with Gasteiger partial charge in [0, 0.05) is 6.42 Å². The van der Waals surface area contributed by atoms with Crippen LogP contribution in [0.3, 0.4) is 0 Å². The highest BCUT2D eigenvalue weighted by atomic mass is 16.6. The van der Waals surface area contributed by atoms with E-state index in [0.29, 0.717) is 6.42 Å². The van der Waals surface area contributed by atoms with Crippen LogP contribution < -0.4 is 0 Å². The molecule has 2 saturated heterocycles. The van der Waals surface area contributed by atoms with Crippen molar-refractivity contribution in [3.05, 3.63) is 0 Å². The van der Waals surface area contributed by atoms with E-state index in [4.69, 9.17) is 9.47 Å². The lowest BCUT2D eigenvalue weighted by Crippen LogP contribution is -2.13. The van der Waals surface area contributed by atoms with Gasteiger partial charge in [0.15, 0.2) is 0 Å². The van der Waals surface area contributed by atoms with Crippen LogP contribution in [0.2, 0.25) is 0 Å². The Hall–Kier alpha value is -0.570. The molecule has 78 valence electrons. The van der Waals surface area contributed by atoms with Gasteiger partial charge < -0.3 is 9.47 Å². The van der Waals surface area contributed by atoms with Crippen LogP contribution in [0.5, 0.6) is 0 Å². The molecule has 0 saturated carbocycles. The van der Waals surface area contributed by atoms with Gasteiger partial charge >= 0.3 is 5.97 Å². The molecule has 0 aromatic heterocycles. The van der Waals surface area contributed by atoms with Gasteiger partial charge in [0.05, 0.1) is 13.0 Å². The molecule has 2 heterocycles. The van der Waals surface area contributed by atoms with Crippen molar-refractivity contribution >= 4 is 5.97 Å². The molecule has 2 aliphatic heterocycles. The second kappa shape index (κ2) is 6.89. The summed E-state index contributed by atoms with van der Waals surface area (Å²) >= 11 is 0. The van der Waals surface area contributed by atoms with E-state index >= 15 is 0 Å². The molecule has 2 rings (SSSR count). The Morgan fingerprint density at radius 3 is 2.31 bits per heavy atom. The van der Waals surface area contributed by atoms with E-state index in [0.717, 1.165) is 13.0 Å². The van der Waals surface area contributed by atoms with Gasteiger partial charge in [0.1, 0.15) is 12.2 Å². The van der Waals surface area contributed by atoms with Crippen molar-refractivity contribution in [1.82, 2.24) is 0 Å². The van der Waals surface area contributed by atoms with Crippen LogP contribution in [0.4, 0.5) is 0 Å². The summed E-state index contributed by atoms with van der Waals surface area (Å²) < 4.78 is 10.1. The van der Waals surface area contributed by atoms with Crippen molar-refractivity contribution in [1.29, 1.82) is 0 Å². The average Bonchev–Trinajstić information content (AvgIpc) is 2.71. The van der Waals surface area contributed by atoms with Crippen molar-refractivity contribution in [2.75, 3.05) is 6.61 Å². The van der Waals surface area contributed by atoms with Crippen molar-refractivity contribution in [3.63, 3.8) is 0 Å². The number of carbonyl (C=O) groups excluding carboxylic acids is 1. The topological polar surface area (TPSA) is 35.5 Å². The highest BCUT2D eigenvalue weighted by Crippen LogP contribution is 2.26. The van der Waals surface area contributed by atoms with E-state index in [1.54, 1.807) is 0 Å². The maximum atomic E-state index is 10.6. The molecule has 2 aliphatic rings. The number of ether oxygens (including phenoxy) is 2. The number of fused-ring (bicyclic) bond motifs is 1. The molecule has 2 atom stereocenters. The van der Waals surface area contributed by atoms with Crippen molar-refractivity contribution in [3.8, 4) is 0 Å². The first kappa shape index (κ1) is 12.4. The molecule has 3 heteroatoms. The van der Waals surface area contributed by atoms with Crippen LogP contribution in [-0.2, 0) is 14.3 Å².